The molecule has 92 valence electrons. The van der Waals surface area contributed by atoms with Crippen molar-refractivity contribution in [2.75, 3.05) is 26.3 Å². The van der Waals surface area contributed by atoms with Crippen LogP contribution in [0.1, 0.15) is 32.1 Å². The van der Waals surface area contributed by atoms with Crippen LogP contribution in [0.3, 0.4) is 0 Å². The first-order valence-corrected chi connectivity index (χ1v) is 6.42. The fourth-order valence-corrected chi connectivity index (χ4v) is 2.44. The average Bonchev–Trinajstić information content (AvgIpc) is 2.81. The van der Waals surface area contributed by atoms with Crippen LogP contribution >= 0.6 is 0 Å². The average molecular weight is 226 g/mol. The molecule has 2 aliphatic heterocycles. The molecule has 1 atom stereocenters. The zero-order valence-electron chi connectivity index (χ0n) is 9.84. The summed E-state index contributed by atoms with van der Waals surface area (Å²) in [7, 11) is 0. The van der Waals surface area contributed by atoms with Gasteiger partial charge in [-0.05, 0) is 38.1 Å². The molecule has 4 nitrogen and oxygen atoms in total. The number of carbonyl (C=O) groups is 1. The van der Waals surface area contributed by atoms with Gasteiger partial charge in [-0.25, -0.2) is 0 Å². The Morgan fingerprint density at radius 3 is 2.81 bits per heavy atom. The van der Waals surface area contributed by atoms with Gasteiger partial charge in [-0.1, -0.05) is 0 Å². The molecule has 1 amide bonds. The van der Waals surface area contributed by atoms with Crippen molar-refractivity contribution in [3.8, 4) is 0 Å². The number of hydrogen-bond acceptors (Lipinski definition) is 3. The third kappa shape index (κ3) is 3.76. The van der Waals surface area contributed by atoms with Gasteiger partial charge >= 0.3 is 0 Å². The minimum Gasteiger partial charge on any atom is -0.381 e. The fraction of sp³-hybridized carbons (Fsp3) is 0.917. The van der Waals surface area contributed by atoms with E-state index in [9.17, 15) is 4.79 Å². The van der Waals surface area contributed by atoms with Crippen LogP contribution in [-0.2, 0) is 9.53 Å². The number of hydrogen-bond donors (Lipinski definition) is 2. The van der Waals surface area contributed by atoms with E-state index >= 15 is 0 Å². The molecule has 0 aliphatic carbocycles. The van der Waals surface area contributed by atoms with Gasteiger partial charge in [0.15, 0.2) is 0 Å². The first-order valence-electron chi connectivity index (χ1n) is 6.42. The van der Waals surface area contributed by atoms with Crippen molar-refractivity contribution in [1.29, 1.82) is 0 Å². The summed E-state index contributed by atoms with van der Waals surface area (Å²) < 4.78 is 5.29. The van der Waals surface area contributed by atoms with Gasteiger partial charge in [0.1, 0.15) is 0 Å². The molecule has 0 aromatic carbocycles. The van der Waals surface area contributed by atoms with Crippen LogP contribution in [0, 0.1) is 5.92 Å². The van der Waals surface area contributed by atoms with Crippen molar-refractivity contribution in [2.45, 2.75) is 38.1 Å². The predicted octanol–water partition coefficient (Wildman–Crippen LogP) is 0.671. The number of amides is 1. The topological polar surface area (TPSA) is 50.4 Å². The summed E-state index contributed by atoms with van der Waals surface area (Å²) in [4.78, 5) is 11.7. The first kappa shape index (κ1) is 11.9. The van der Waals surface area contributed by atoms with Crippen LogP contribution in [0.4, 0.5) is 0 Å². The van der Waals surface area contributed by atoms with Crippen LogP contribution in [0.2, 0.25) is 0 Å². The van der Waals surface area contributed by atoms with Crippen molar-refractivity contribution >= 4 is 5.91 Å². The Labute approximate surface area is 97.1 Å². The molecular formula is C12H22N2O2. The zero-order valence-corrected chi connectivity index (χ0v) is 9.84. The summed E-state index contributed by atoms with van der Waals surface area (Å²) in [5.41, 5.74) is 0. The van der Waals surface area contributed by atoms with E-state index in [0.717, 1.165) is 45.6 Å². The fourth-order valence-electron chi connectivity index (χ4n) is 2.44. The molecular weight excluding hydrogens is 204 g/mol. The smallest absolute Gasteiger partial charge is 0.221 e. The van der Waals surface area contributed by atoms with E-state index in [2.05, 4.69) is 10.6 Å². The van der Waals surface area contributed by atoms with E-state index in [1.807, 2.05) is 0 Å². The van der Waals surface area contributed by atoms with Crippen LogP contribution in [0.5, 0.6) is 0 Å². The SMILES string of the molecule is O=C(CC1CCCN1)NCC1CCOCC1. The molecule has 2 N–H and O–H groups in total. The lowest BCUT2D eigenvalue weighted by Crippen LogP contribution is -2.35. The largest absolute Gasteiger partial charge is 0.381 e. The van der Waals surface area contributed by atoms with E-state index in [0.29, 0.717) is 18.4 Å². The standard InChI is InChI=1S/C12H22N2O2/c15-12(8-11-2-1-5-13-11)14-9-10-3-6-16-7-4-10/h10-11,13H,1-9H2,(H,14,15). The molecule has 2 heterocycles. The van der Waals surface area contributed by atoms with Crippen LogP contribution < -0.4 is 10.6 Å². The van der Waals surface area contributed by atoms with Gasteiger partial charge in [0.2, 0.25) is 5.91 Å². The molecule has 0 bridgehead atoms. The Morgan fingerprint density at radius 1 is 1.31 bits per heavy atom. The van der Waals surface area contributed by atoms with E-state index in [1.165, 1.54) is 6.42 Å². The molecule has 0 radical (unpaired) electrons. The molecule has 4 heteroatoms. The molecule has 0 saturated carbocycles. The van der Waals surface area contributed by atoms with Crippen molar-refractivity contribution in [1.82, 2.24) is 10.6 Å². The molecule has 2 fully saturated rings. The Hall–Kier alpha value is -0.610. The number of carbonyl (C=O) groups excluding carboxylic acids is 1. The number of nitrogens with one attached hydrogen (secondary N) is 2. The van der Waals surface area contributed by atoms with Crippen LogP contribution in [0.25, 0.3) is 0 Å². The Balaban J connectivity index is 1.59. The van der Waals surface area contributed by atoms with E-state index in [4.69, 9.17) is 4.74 Å². The minimum atomic E-state index is 0.200. The Bertz CT molecular complexity index is 221. The summed E-state index contributed by atoms with van der Waals surface area (Å²) in [6, 6.07) is 0.412. The van der Waals surface area contributed by atoms with E-state index in [1.54, 1.807) is 0 Å². The molecule has 2 rings (SSSR count). The van der Waals surface area contributed by atoms with E-state index < -0.39 is 0 Å². The molecule has 2 saturated heterocycles. The lowest BCUT2D eigenvalue weighted by molar-refractivity contribution is -0.121. The molecule has 0 aromatic heterocycles. The highest BCUT2D eigenvalue weighted by Gasteiger charge is 2.19. The first-order chi connectivity index (χ1) is 7.84. The third-order valence-corrected chi connectivity index (χ3v) is 3.52. The predicted molar refractivity (Wildman–Crippen MR) is 62.2 cm³/mol. The van der Waals surface area contributed by atoms with E-state index in [-0.39, 0.29) is 5.91 Å². The maximum absolute atomic E-state index is 11.7. The monoisotopic (exact) mass is 226 g/mol. The van der Waals surface area contributed by atoms with Crippen LogP contribution in [0.15, 0.2) is 0 Å². The summed E-state index contributed by atoms with van der Waals surface area (Å²) in [5.74, 6) is 0.820. The molecule has 2 aliphatic rings. The lowest BCUT2D eigenvalue weighted by atomic mass is 10.0. The van der Waals surface area contributed by atoms with Gasteiger partial charge in [-0.2, -0.15) is 0 Å². The van der Waals surface area contributed by atoms with Crippen molar-refractivity contribution in [3.05, 3.63) is 0 Å². The lowest BCUT2D eigenvalue weighted by Gasteiger charge is -2.22. The maximum atomic E-state index is 11.7. The maximum Gasteiger partial charge on any atom is 0.221 e. The van der Waals surface area contributed by atoms with Gasteiger partial charge in [-0.3, -0.25) is 4.79 Å². The minimum absolute atomic E-state index is 0.200. The zero-order chi connectivity index (χ0) is 11.2. The summed E-state index contributed by atoms with van der Waals surface area (Å²) in [5, 5.41) is 6.39. The summed E-state index contributed by atoms with van der Waals surface area (Å²) >= 11 is 0. The highest BCUT2D eigenvalue weighted by Crippen LogP contribution is 2.13. The van der Waals surface area contributed by atoms with Gasteiger partial charge in [0, 0.05) is 32.2 Å². The molecule has 0 aromatic rings. The quantitative estimate of drug-likeness (QED) is 0.741. The normalized spacial score (nSPS) is 26.9. The number of ether oxygens (including phenoxy) is 1. The van der Waals surface area contributed by atoms with Gasteiger partial charge in [-0.15, -0.1) is 0 Å². The molecule has 1 unspecified atom stereocenters. The second-order valence-corrected chi connectivity index (χ2v) is 4.86. The highest BCUT2D eigenvalue weighted by atomic mass is 16.5. The molecule has 0 spiro atoms. The Kier molecular flexibility index (Phi) is 4.60. The van der Waals surface area contributed by atoms with Crippen molar-refractivity contribution < 1.29 is 9.53 Å². The second-order valence-electron chi connectivity index (χ2n) is 4.86. The van der Waals surface area contributed by atoms with Crippen molar-refractivity contribution in [3.63, 3.8) is 0 Å². The summed E-state index contributed by atoms with van der Waals surface area (Å²) in [6.45, 7) is 3.60. The van der Waals surface area contributed by atoms with Gasteiger partial charge in [0.05, 0.1) is 0 Å². The number of rotatable bonds is 4. The van der Waals surface area contributed by atoms with Gasteiger partial charge in [0.25, 0.3) is 0 Å². The summed E-state index contributed by atoms with van der Waals surface area (Å²) in [6.07, 6.45) is 5.16. The van der Waals surface area contributed by atoms with Crippen LogP contribution in [-0.4, -0.2) is 38.3 Å². The Morgan fingerprint density at radius 2 is 2.12 bits per heavy atom. The van der Waals surface area contributed by atoms with Crippen molar-refractivity contribution in [2.24, 2.45) is 5.92 Å². The second kappa shape index (κ2) is 6.21. The van der Waals surface area contributed by atoms with Gasteiger partial charge < -0.3 is 15.4 Å². The molecule has 16 heavy (non-hydrogen) atoms. The highest BCUT2D eigenvalue weighted by molar-refractivity contribution is 5.76. The third-order valence-electron chi connectivity index (χ3n) is 3.52.